The molecule has 2 rings (SSSR count). The van der Waals surface area contributed by atoms with Crippen molar-refractivity contribution >= 4 is 0 Å². The highest BCUT2D eigenvalue weighted by Gasteiger charge is 2.37. The number of benzene rings is 1. The number of nitrogens with one attached hydrogen (secondary N) is 1. The third kappa shape index (κ3) is 2.69. The highest BCUT2D eigenvalue weighted by atomic mass is 19.4. The zero-order chi connectivity index (χ0) is 13.2. The van der Waals surface area contributed by atoms with Gasteiger partial charge < -0.3 is 5.32 Å². The van der Waals surface area contributed by atoms with E-state index in [2.05, 4.69) is 5.32 Å². The molecule has 0 aromatic heterocycles. The number of hydrogen-bond donors (Lipinski definition) is 1. The number of halogens is 3. The minimum absolute atomic E-state index is 0.0223. The molecule has 1 aliphatic heterocycles. The smallest absolute Gasteiger partial charge is 0.316 e. The van der Waals surface area contributed by atoms with E-state index in [4.69, 9.17) is 0 Å². The van der Waals surface area contributed by atoms with E-state index in [9.17, 15) is 13.2 Å². The molecule has 1 saturated heterocycles. The molecule has 0 spiro atoms. The van der Waals surface area contributed by atoms with Crippen LogP contribution in [0.5, 0.6) is 0 Å². The second-order valence-corrected chi connectivity index (χ2v) is 4.85. The SMILES string of the molecule is CCC1CNCCC1c1ccccc1C(F)(F)F. The van der Waals surface area contributed by atoms with Crippen LogP contribution in [0.2, 0.25) is 0 Å². The molecule has 0 radical (unpaired) electrons. The zero-order valence-corrected chi connectivity index (χ0v) is 10.4. The van der Waals surface area contributed by atoms with Crippen LogP contribution >= 0.6 is 0 Å². The Balaban J connectivity index is 2.37. The summed E-state index contributed by atoms with van der Waals surface area (Å²) in [5.41, 5.74) is 0.00806. The van der Waals surface area contributed by atoms with Gasteiger partial charge >= 0.3 is 6.18 Å². The molecule has 0 bridgehead atoms. The van der Waals surface area contributed by atoms with Gasteiger partial charge in [0.15, 0.2) is 0 Å². The average molecular weight is 257 g/mol. The first-order valence-electron chi connectivity index (χ1n) is 6.41. The fraction of sp³-hybridized carbons (Fsp3) is 0.571. The third-order valence-electron chi connectivity index (χ3n) is 3.80. The summed E-state index contributed by atoms with van der Waals surface area (Å²) < 4.78 is 39.1. The van der Waals surface area contributed by atoms with E-state index in [-0.39, 0.29) is 5.92 Å². The van der Waals surface area contributed by atoms with Gasteiger partial charge in [-0.25, -0.2) is 0 Å². The Morgan fingerprint density at radius 2 is 2.00 bits per heavy atom. The summed E-state index contributed by atoms with van der Waals surface area (Å²) in [5, 5.41) is 3.26. The topological polar surface area (TPSA) is 12.0 Å². The molecule has 1 N–H and O–H groups in total. The Hall–Kier alpha value is -1.03. The molecule has 0 aliphatic carbocycles. The molecular formula is C14H18F3N. The molecule has 1 heterocycles. The van der Waals surface area contributed by atoms with Crippen molar-refractivity contribution in [3.63, 3.8) is 0 Å². The Labute approximate surface area is 105 Å². The lowest BCUT2D eigenvalue weighted by Gasteiger charge is -2.33. The van der Waals surface area contributed by atoms with Crippen LogP contribution in [0.3, 0.4) is 0 Å². The van der Waals surface area contributed by atoms with Crippen LogP contribution in [0.15, 0.2) is 24.3 Å². The van der Waals surface area contributed by atoms with Gasteiger partial charge in [-0.05, 0) is 43.0 Å². The fourth-order valence-electron chi connectivity index (χ4n) is 2.84. The lowest BCUT2D eigenvalue weighted by molar-refractivity contribution is -0.138. The molecule has 0 saturated carbocycles. The van der Waals surface area contributed by atoms with Crippen molar-refractivity contribution < 1.29 is 13.2 Å². The highest BCUT2D eigenvalue weighted by Crippen LogP contribution is 2.40. The van der Waals surface area contributed by atoms with Crippen molar-refractivity contribution in [1.29, 1.82) is 0 Å². The van der Waals surface area contributed by atoms with Crippen molar-refractivity contribution in [2.24, 2.45) is 5.92 Å². The first-order valence-corrected chi connectivity index (χ1v) is 6.41. The predicted molar refractivity (Wildman–Crippen MR) is 65.5 cm³/mol. The maximum absolute atomic E-state index is 13.0. The molecule has 1 aliphatic rings. The minimum Gasteiger partial charge on any atom is -0.316 e. The van der Waals surface area contributed by atoms with Crippen LogP contribution in [0.25, 0.3) is 0 Å². The molecule has 2 unspecified atom stereocenters. The first kappa shape index (κ1) is 13.4. The van der Waals surface area contributed by atoms with Gasteiger partial charge in [-0.1, -0.05) is 31.5 Å². The number of rotatable bonds is 2. The monoisotopic (exact) mass is 257 g/mol. The molecule has 18 heavy (non-hydrogen) atoms. The molecule has 1 fully saturated rings. The summed E-state index contributed by atoms with van der Waals surface area (Å²) in [5.74, 6) is 0.316. The van der Waals surface area contributed by atoms with Crippen LogP contribution in [0.1, 0.15) is 36.8 Å². The summed E-state index contributed by atoms with van der Waals surface area (Å²) in [4.78, 5) is 0. The number of hydrogen-bond acceptors (Lipinski definition) is 1. The molecule has 1 nitrogen and oxygen atoms in total. The first-order chi connectivity index (χ1) is 8.54. The van der Waals surface area contributed by atoms with Gasteiger partial charge in [0.05, 0.1) is 5.56 Å². The zero-order valence-electron chi connectivity index (χ0n) is 10.4. The van der Waals surface area contributed by atoms with Crippen LogP contribution in [0.4, 0.5) is 13.2 Å². The summed E-state index contributed by atoms with van der Waals surface area (Å²) in [6.45, 7) is 3.65. The average Bonchev–Trinajstić information content (AvgIpc) is 2.37. The van der Waals surface area contributed by atoms with Gasteiger partial charge in [0.1, 0.15) is 0 Å². The van der Waals surface area contributed by atoms with E-state index in [1.54, 1.807) is 12.1 Å². The largest absolute Gasteiger partial charge is 0.416 e. The Morgan fingerprint density at radius 1 is 1.28 bits per heavy atom. The third-order valence-corrected chi connectivity index (χ3v) is 3.80. The normalized spacial score (nSPS) is 25.1. The molecule has 1 aromatic carbocycles. The lowest BCUT2D eigenvalue weighted by atomic mass is 9.78. The van der Waals surface area contributed by atoms with Crippen molar-refractivity contribution in [3.8, 4) is 0 Å². The molecule has 2 atom stereocenters. The van der Waals surface area contributed by atoms with Gasteiger partial charge in [0.25, 0.3) is 0 Å². The van der Waals surface area contributed by atoms with E-state index in [1.807, 2.05) is 6.92 Å². The Bertz CT molecular complexity index is 400. The standard InChI is InChI=1S/C14H18F3N/c1-2-10-9-18-8-7-11(10)12-5-3-4-6-13(12)14(15,16)17/h3-6,10-11,18H,2,7-9H2,1H3. The van der Waals surface area contributed by atoms with Gasteiger partial charge in [-0.3, -0.25) is 0 Å². The Kier molecular flexibility index (Phi) is 3.95. The van der Waals surface area contributed by atoms with Crippen LogP contribution < -0.4 is 5.32 Å². The van der Waals surface area contributed by atoms with E-state index >= 15 is 0 Å². The van der Waals surface area contributed by atoms with Crippen molar-refractivity contribution in [3.05, 3.63) is 35.4 Å². The highest BCUT2D eigenvalue weighted by molar-refractivity contribution is 5.33. The molecule has 100 valence electrons. The van der Waals surface area contributed by atoms with E-state index in [0.29, 0.717) is 11.5 Å². The van der Waals surface area contributed by atoms with Crippen molar-refractivity contribution in [2.75, 3.05) is 13.1 Å². The summed E-state index contributed by atoms with van der Waals surface area (Å²) in [7, 11) is 0. The molecule has 1 aromatic rings. The predicted octanol–water partition coefficient (Wildman–Crippen LogP) is 3.81. The molecule has 0 amide bonds. The van der Waals surface area contributed by atoms with Gasteiger partial charge in [0, 0.05) is 0 Å². The van der Waals surface area contributed by atoms with Crippen LogP contribution in [-0.2, 0) is 6.18 Å². The van der Waals surface area contributed by atoms with Gasteiger partial charge in [-0.15, -0.1) is 0 Å². The van der Waals surface area contributed by atoms with Crippen molar-refractivity contribution in [2.45, 2.75) is 31.9 Å². The minimum atomic E-state index is -4.25. The van der Waals surface area contributed by atoms with Crippen LogP contribution in [-0.4, -0.2) is 13.1 Å². The van der Waals surface area contributed by atoms with Gasteiger partial charge in [-0.2, -0.15) is 13.2 Å². The van der Waals surface area contributed by atoms with Crippen LogP contribution in [0, 0.1) is 5.92 Å². The quantitative estimate of drug-likeness (QED) is 0.849. The summed E-state index contributed by atoms with van der Waals surface area (Å²) in [6, 6.07) is 6.01. The Morgan fingerprint density at radius 3 is 2.67 bits per heavy atom. The lowest BCUT2D eigenvalue weighted by Crippen LogP contribution is -2.35. The van der Waals surface area contributed by atoms with Crippen molar-refractivity contribution in [1.82, 2.24) is 5.32 Å². The molecular weight excluding hydrogens is 239 g/mol. The number of piperidine rings is 1. The number of alkyl halides is 3. The van der Waals surface area contributed by atoms with E-state index < -0.39 is 11.7 Å². The summed E-state index contributed by atoms with van der Waals surface area (Å²) >= 11 is 0. The fourth-order valence-corrected chi connectivity index (χ4v) is 2.84. The van der Waals surface area contributed by atoms with Gasteiger partial charge in [0.2, 0.25) is 0 Å². The second-order valence-electron chi connectivity index (χ2n) is 4.85. The maximum Gasteiger partial charge on any atom is 0.416 e. The maximum atomic E-state index is 13.0. The molecule has 4 heteroatoms. The summed E-state index contributed by atoms with van der Waals surface area (Å²) in [6.07, 6.45) is -2.56. The van der Waals surface area contributed by atoms with E-state index in [1.165, 1.54) is 12.1 Å². The van der Waals surface area contributed by atoms with E-state index in [0.717, 1.165) is 25.9 Å². The second kappa shape index (κ2) is 5.31.